The SMILES string of the molecule is CCCN(CC)CC(=O)c1ccccc1OC. The minimum absolute atomic E-state index is 0.123. The van der Waals surface area contributed by atoms with E-state index >= 15 is 0 Å². The molecule has 0 aromatic heterocycles. The van der Waals surface area contributed by atoms with Crippen molar-refractivity contribution < 1.29 is 9.53 Å². The first kappa shape index (κ1) is 13.7. The zero-order valence-corrected chi connectivity index (χ0v) is 10.9. The van der Waals surface area contributed by atoms with Crippen LogP contribution >= 0.6 is 0 Å². The Morgan fingerprint density at radius 1 is 1.29 bits per heavy atom. The van der Waals surface area contributed by atoms with Gasteiger partial charge < -0.3 is 4.74 Å². The minimum atomic E-state index is 0.123. The van der Waals surface area contributed by atoms with E-state index in [2.05, 4.69) is 18.7 Å². The smallest absolute Gasteiger partial charge is 0.180 e. The number of hydrogen-bond donors (Lipinski definition) is 0. The number of carbonyl (C=O) groups is 1. The van der Waals surface area contributed by atoms with Crippen LogP contribution in [0.3, 0.4) is 0 Å². The molecule has 3 nitrogen and oxygen atoms in total. The molecule has 3 heteroatoms. The molecule has 1 aromatic carbocycles. The Morgan fingerprint density at radius 2 is 2.00 bits per heavy atom. The molecule has 1 rings (SSSR count). The number of benzene rings is 1. The summed E-state index contributed by atoms with van der Waals surface area (Å²) in [5, 5.41) is 0. The van der Waals surface area contributed by atoms with Crippen LogP contribution in [0.4, 0.5) is 0 Å². The van der Waals surface area contributed by atoms with E-state index in [1.54, 1.807) is 7.11 Å². The van der Waals surface area contributed by atoms with Crippen molar-refractivity contribution in [1.82, 2.24) is 4.90 Å². The summed E-state index contributed by atoms with van der Waals surface area (Å²) in [7, 11) is 1.59. The average Bonchev–Trinajstić information content (AvgIpc) is 2.38. The van der Waals surface area contributed by atoms with E-state index in [-0.39, 0.29) is 5.78 Å². The molecule has 0 aliphatic carbocycles. The van der Waals surface area contributed by atoms with E-state index in [1.165, 1.54) is 0 Å². The zero-order chi connectivity index (χ0) is 12.7. The quantitative estimate of drug-likeness (QED) is 0.680. The van der Waals surface area contributed by atoms with Crippen molar-refractivity contribution in [1.29, 1.82) is 0 Å². The fourth-order valence-corrected chi connectivity index (χ4v) is 1.83. The molecule has 0 saturated heterocycles. The molecule has 0 heterocycles. The van der Waals surface area contributed by atoms with E-state index in [0.717, 1.165) is 19.5 Å². The predicted octanol–water partition coefficient (Wildman–Crippen LogP) is 2.61. The standard InChI is InChI=1S/C14H21NO2/c1-4-10-15(5-2)11-13(16)12-8-6-7-9-14(12)17-3/h6-9H,4-5,10-11H2,1-3H3. The van der Waals surface area contributed by atoms with Crippen LogP contribution in [0.15, 0.2) is 24.3 Å². The molecule has 0 saturated carbocycles. The average molecular weight is 235 g/mol. The first-order chi connectivity index (χ1) is 8.22. The predicted molar refractivity (Wildman–Crippen MR) is 69.7 cm³/mol. The number of carbonyl (C=O) groups excluding carboxylic acids is 1. The normalized spacial score (nSPS) is 10.6. The molecule has 0 amide bonds. The summed E-state index contributed by atoms with van der Waals surface area (Å²) < 4.78 is 5.20. The van der Waals surface area contributed by atoms with Crippen molar-refractivity contribution in [2.45, 2.75) is 20.3 Å². The Hall–Kier alpha value is -1.35. The number of para-hydroxylation sites is 1. The largest absolute Gasteiger partial charge is 0.496 e. The fourth-order valence-electron chi connectivity index (χ4n) is 1.83. The van der Waals surface area contributed by atoms with E-state index < -0.39 is 0 Å². The molecule has 0 aliphatic rings. The van der Waals surface area contributed by atoms with E-state index in [4.69, 9.17) is 4.74 Å². The molecule has 0 atom stereocenters. The number of ether oxygens (including phenoxy) is 1. The van der Waals surface area contributed by atoms with E-state index in [1.807, 2.05) is 24.3 Å². The van der Waals surface area contributed by atoms with Crippen molar-refractivity contribution in [3.8, 4) is 5.75 Å². The van der Waals surface area contributed by atoms with E-state index in [9.17, 15) is 4.79 Å². The number of likely N-dealkylation sites (N-methyl/N-ethyl adjacent to an activating group) is 1. The fraction of sp³-hybridized carbons (Fsp3) is 0.500. The zero-order valence-electron chi connectivity index (χ0n) is 10.9. The summed E-state index contributed by atoms with van der Waals surface area (Å²) in [6.07, 6.45) is 1.06. The summed E-state index contributed by atoms with van der Waals surface area (Å²) in [5.74, 6) is 0.780. The highest BCUT2D eigenvalue weighted by Gasteiger charge is 2.14. The molecule has 0 aliphatic heterocycles. The lowest BCUT2D eigenvalue weighted by Crippen LogP contribution is -2.30. The second-order valence-corrected chi connectivity index (χ2v) is 3.99. The first-order valence-corrected chi connectivity index (χ1v) is 6.11. The van der Waals surface area contributed by atoms with Gasteiger partial charge in [-0.15, -0.1) is 0 Å². The summed E-state index contributed by atoms with van der Waals surface area (Å²) in [6, 6.07) is 7.38. The highest BCUT2D eigenvalue weighted by molar-refractivity contribution is 6.00. The van der Waals surface area contributed by atoms with Crippen molar-refractivity contribution in [2.75, 3.05) is 26.7 Å². The maximum atomic E-state index is 12.1. The van der Waals surface area contributed by atoms with Crippen molar-refractivity contribution >= 4 is 5.78 Å². The van der Waals surface area contributed by atoms with Crippen LogP contribution in [0, 0.1) is 0 Å². The van der Waals surface area contributed by atoms with Gasteiger partial charge in [0.1, 0.15) is 5.75 Å². The van der Waals surface area contributed by atoms with E-state index in [0.29, 0.717) is 17.9 Å². The van der Waals surface area contributed by atoms with Crippen LogP contribution < -0.4 is 4.74 Å². The first-order valence-electron chi connectivity index (χ1n) is 6.11. The Morgan fingerprint density at radius 3 is 2.59 bits per heavy atom. The van der Waals surface area contributed by atoms with Gasteiger partial charge in [0.05, 0.1) is 19.2 Å². The van der Waals surface area contributed by atoms with Gasteiger partial charge in [-0.2, -0.15) is 0 Å². The second-order valence-electron chi connectivity index (χ2n) is 3.99. The van der Waals surface area contributed by atoms with Crippen LogP contribution in [0.2, 0.25) is 0 Å². The van der Waals surface area contributed by atoms with Gasteiger partial charge in [0.15, 0.2) is 5.78 Å². The number of ketones is 1. The Kier molecular flexibility index (Phi) is 5.70. The summed E-state index contributed by atoms with van der Waals surface area (Å²) >= 11 is 0. The van der Waals surface area contributed by atoms with Crippen LogP contribution in [0.5, 0.6) is 5.75 Å². The van der Waals surface area contributed by atoms with Gasteiger partial charge in [-0.05, 0) is 31.6 Å². The third kappa shape index (κ3) is 3.86. The lowest BCUT2D eigenvalue weighted by molar-refractivity contribution is 0.0931. The third-order valence-electron chi connectivity index (χ3n) is 2.76. The number of nitrogens with zero attached hydrogens (tertiary/aromatic N) is 1. The van der Waals surface area contributed by atoms with Gasteiger partial charge in [0, 0.05) is 0 Å². The van der Waals surface area contributed by atoms with Crippen LogP contribution in [0.25, 0.3) is 0 Å². The lowest BCUT2D eigenvalue weighted by atomic mass is 10.1. The van der Waals surface area contributed by atoms with Crippen molar-refractivity contribution in [3.05, 3.63) is 29.8 Å². The molecule has 0 bridgehead atoms. The van der Waals surface area contributed by atoms with Crippen LogP contribution in [-0.4, -0.2) is 37.4 Å². The monoisotopic (exact) mass is 235 g/mol. The van der Waals surface area contributed by atoms with Gasteiger partial charge in [-0.3, -0.25) is 9.69 Å². The van der Waals surface area contributed by atoms with Crippen LogP contribution in [0.1, 0.15) is 30.6 Å². The minimum Gasteiger partial charge on any atom is -0.496 e. The Labute approximate surface area is 103 Å². The molecule has 0 unspecified atom stereocenters. The van der Waals surface area contributed by atoms with Gasteiger partial charge >= 0.3 is 0 Å². The Balaban J connectivity index is 2.75. The van der Waals surface area contributed by atoms with Gasteiger partial charge in [-0.1, -0.05) is 26.0 Å². The summed E-state index contributed by atoms with van der Waals surface area (Å²) in [4.78, 5) is 14.3. The third-order valence-corrected chi connectivity index (χ3v) is 2.76. The molecule has 17 heavy (non-hydrogen) atoms. The topological polar surface area (TPSA) is 29.5 Å². The van der Waals surface area contributed by atoms with Crippen molar-refractivity contribution in [2.24, 2.45) is 0 Å². The number of hydrogen-bond acceptors (Lipinski definition) is 3. The highest BCUT2D eigenvalue weighted by Crippen LogP contribution is 2.18. The number of Topliss-reactive ketones (excluding diaryl/α,β-unsaturated/α-hetero) is 1. The van der Waals surface area contributed by atoms with Crippen LogP contribution in [-0.2, 0) is 0 Å². The van der Waals surface area contributed by atoms with Gasteiger partial charge in [0.2, 0.25) is 0 Å². The van der Waals surface area contributed by atoms with Gasteiger partial charge in [-0.25, -0.2) is 0 Å². The molecular weight excluding hydrogens is 214 g/mol. The molecule has 0 spiro atoms. The number of methoxy groups -OCH3 is 1. The highest BCUT2D eigenvalue weighted by atomic mass is 16.5. The number of rotatable bonds is 7. The Bertz CT molecular complexity index is 363. The molecule has 1 aromatic rings. The molecule has 0 radical (unpaired) electrons. The van der Waals surface area contributed by atoms with Gasteiger partial charge in [0.25, 0.3) is 0 Å². The maximum absolute atomic E-state index is 12.1. The lowest BCUT2D eigenvalue weighted by Gasteiger charge is -2.19. The molecule has 0 fully saturated rings. The second kappa shape index (κ2) is 7.07. The molecule has 94 valence electrons. The van der Waals surface area contributed by atoms with Crippen molar-refractivity contribution in [3.63, 3.8) is 0 Å². The maximum Gasteiger partial charge on any atom is 0.180 e. The molecule has 0 N–H and O–H groups in total. The summed E-state index contributed by atoms with van der Waals surface area (Å²) in [6.45, 7) is 6.51. The summed E-state index contributed by atoms with van der Waals surface area (Å²) in [5.41, 5.74) is 0.671. The molecular formula is C14H21NO2.